The van der Waals surface area contributed by atoms with Crippen LogP contribution in [0.5, 0.6) is 0 Å². The molecule has 14 nitrogen and oxygen atoms in total. The number of aromatic amines is 1. The minimum atomic E-state index is -1.31. The number of H-pyrrole nitrogens is 1. The van der Waals surface area contributed by atoms with Gasteiger partial charge in [-0.3, -0.25) is 19.2 Å². The number of aliphatic hydroxyl groups is 1. The maximum absolute atomic E-state index is 12.4. The van der Waals surface area contributed by atoms with Crippen molar-refractivity contribution in [3.8, 4) is 0 Å². The van der Waals surface area contributed by atoms with Crippen LogP contribution < -0.4 is 27.4 Å². The van der Waals surface area contributed by atoms with E-state index in [0.717, 1.165) is 0 Å². The van der Waals surface area contributed by atoms with Crippen LogP contribution in [0.1, 0.15) is 25.5 Å². The number of nitrogens with two attached hydrogens (primary N) is 2. The molecule has 10 N–H and O–H groups in total. The lowest BCUT2D eigenvalue weighted by Crippen LogP contribution is -2.55. The maximum Gasteiger partial charge on any atom is 0.326 e. The summed E-state index contributed by atoms with van der Waals surface area (Å²) in [6.07, 6.45) is 1.13. The summed E-state index contributed by atoms with van der Waals surface area (Å²) < 4.78 is 0. The lowest BCUT2D eigenvalue weighted by atomic mass is 10.1. The van der Waals surface area contributed by atoms with Crippen LogP contribution in [0.15, 0.2) is 12.5 Å². The molecule has 1 aromatic heterocycles. The number of imidazole rings is 1. The van der Waals surface area contributed by atoms with Crippen molar-refractivity contribution in [2.75, 3.05) is 6.54 Å². The molecule has 4 unspecified atom stereocenters. The van der Waals surface area contributed by atoms with Gasteiger partial charge in [-0.25, -0.2) is 9.78 Å². The molecule has 14 heteroatoms. The van der Waals surface area contributed by atoms with Crippen LogP contribution in [0, 0.1) is 0 Å². The van der Waals surface area contributed by atoms with E-state index in [4.69, 9.17) is 11.5 Å². The highest BCUT2D eigenvalue weighted by Crippen LogP contribution is 2.01. The van der Waals surface area contributed by atoms with Gasteiger partial charge >= 0.3 is 5.97 Å². The Morgan fingerprint density at radius 2 is 1.84 bits per heavy atom. The van der Waals surface area contributed by atoms with E-state index in [1.165, 1.54) is 19.4 Å². The summed E-state index contributed by atoms with van der Waals surface area (Å²) >= 11 is 0. The van der Waals surface area contributed by atoms with Crippen molar-refractivity contribution in [2.45, 2.75) is 50.4 Å². The predicted molar refractivity (Wildman–Crippen MR) is 105 cm³/mol. The zero-order valence-corrected chi connectivity index (χ0v) is 16.8. The van der Waals surface area contributed by atoms with E-state index in [0.29, 0.717) is 5.69 Å². The molecule has 4 atom stereocenters. The van der Waals surface area contributed by atoms with E-state index in [-0.39, 0.29) is 19.3 Å². The molecular weight excluding hydrogens is 414 g/mol. The summed E-state index contributed by atoms with van der Waals surface area (Å²) in [5.74, 6) is -4.45. The van der Waals surface area contributed by atoms with Crippen LogP contribution in [-0.4, -0.2) is 80.6 Å². The van der Waals surface area contributed by atoms with Crippen molar-refractivity contribution >= 4 is 29.6 Å². The Bertz CT molecular complexity index is 782. The second kappa shape index (κ2) is 12.2. The van der Waals surface area contributed by atoms with Gasteiger partial charge in [0.25, 0.3) is 0 Å². The third kappa shape index (κ3) is 9.22. The van der Waals surface area contributed by atoms with Gasteiger partial charge < -0.3 is 42.6 Å². The molecule has 172 valence electrons. The Morgan fingerprint density at radius 3 is 2.35 bits per heavy atom. The lowest BCUT2D eigenvalue weighted by molar-refractivity contribution is -0.141. The molecule has 0 bridgehead atoms. The highest BCUT2D eigenvalue weighted by atomic mass is 16.4. The van der Waals surface area contributed by atoms with E-state index >= 15 is 0 Å². The van der Waals surface area contributed by atoms with Crippen LogP contribution in [0.2, 0.25) is 0 Å². The first-order valence-electron chi connectivity index (χ1n) is 9.30. The van der Waals surface area contributed by atoms with Crippen molar-refractivity contribution in [1.29, 1.82) is 0 Å². The lowest BCUT2D eigenvalue weighted by Gasteiger charge is -2.21. The summed E-state index contributed by atoms with van der Waals surface area (Å²) in [4.78, 5) is 65.3. The maximum atomic E-state index is 12.4. The van der Waals surface area contributed by atoms with Gasteiger partial charge in [0.2, 0.25) is 23.6 Å². The van der Waals surface area contributed by atoms with Crippen molar-refractivity contribution in [3.63, 3.8) is 0 Å². The Labute approximate surface area is 177 Å². The molecule has 1 aromatic rings. The molecular formula is C17H27N7O7. The Hall–Kier alpha value is -3.52. The number of primary amides is 1. The van der Waals surface area contributed by atoms with E-state index < -0.39 is 60.4 Å². The van der Waals surface area contributed by atoms with Crippen LogP contribution in [0.3, 0.4) is 0 Å². The summed E-state index contributed by atoms with van der Waals surface area (Å²) in [5.41, 5.74) is 11.1. The second-order valence-electron chi connectivity index (χ2n) is 6.79. The highest BCUT2D eigenvalue weighted by molar-refractivity contribution is 5.93. The van der Waals surface area contributed by atoms with Crippen molar-refractivity contribution < 1.29 is 34.2 Å². The van der Waals surface area contributed by atoms with Gasteiger partial charge in [0.1, 0.15) is 18.1 Å². The van der Waals surface area contributed by atoms with Crippen molar-refractivity contribution in [1.82, 2.24) is 25.9 Å². The number of carboxylic acids is 1. The summed E-state index contributed by atoms with van der Waals surface area (Å²) in [6, 6.07) is -3.83. The molecule has 0 saturated carbocycles. The molecule has 0 saturated heterocycles. The first-order valence-corrected chi connectivity index (χ1v) is 9.30. The zero-order chi connectivity index (χ0) is 23.6. The van der Waals surface area contributed by atoms with E-state index in [1.807, 2.05) is 0 Å². The Kier molecular flexibility index (Phi) is 10.1. The van der Waals surface area contributed by atoms with E-state index in [2.05, 4.69) is 25.9 Å². The molecule has 0 spiro atoms. The summed E-state index contributed by atoms with van der Waals surface area (Å²) in [7, 11) is 0. The number of hydrogen-bond acceptors (Lipinski definition) is 8. The fourth-order valence-electron chi connectivity index (χ4n) is 2.39. The molecule has 0 fully saturated rings. The number of nitrogens with one attached hydrogen (secondary N) is 4. The number of aromatic nitrogens is 2. The molecule has 0 aliphatic heterocycles. The third-order valence-electron chi connectivity index (χ3n) is 4.17. The van der Waals surface area contributed by atoms with Gasteiger partial charge in [0.15, 0.2) is 0 Å². The average Bonchev–Trinajstić information content (AvgIpc) is 3.20. The molecule has 0 aromatic carbocycles. The largest absolute Gasteiger partial charge is 0.480 e. The number of amides is 4. The standard InChI is InChI=1S/C17H27N7O7/c1-8(25)14(19)16(29)24-10(2-3-12(18)26)15(28)21-6-13(27)23-11(17(30)31)4-9-5-20-7-22-9/h5,7-8,10-11,14,25H,2-4,6,19H2,1H3,(H2,18,26)(H,20,22)(H,21,28)(H,23,27)(H,24,29)(H,30,31). The molecule has 4 amide bonds. The van der Waals surface area contributed by atoms with Gasteiger partial charge in [0, 0.05) is 24.7 Å². The number of nitrogens with zero attached hydrogens (tertiary/aromatic N) is 1. The van der Waals surface area contributed by atoms with Gasteiger partial charge in [-0.05, 0) is 13.3 Å². The van der Waals surface area contributed by atoms with E-state index in [1.54, 1.807) is 0 Å². The molecule has 31 heavy (non-hydrogen) atoms. The summed E-state index contributed by atoms with van der Waals surface area (Å²) in [5, 5.41) is 25.4. The molecule has 1 rings (SSSR count). The SMILES string of the molecule is CC(O)C(N)C(=O)NC(CCC(N)=O)C(=O)NCC(=O)NC(Cc1cnc[nH]1)C(=O)O. The number of aliphatic hydroxyl groups excluding tert-OH is 1. The topological polar surface area (TPSA) is 243 Å². The number of hydrogen-bond donors (Lipinski definition) is 8. The number of carbonyl (C=O) groups is 5. The summed E-state index contributed by atoms with van der Waals surface area (Å²) in [6.45, 7) is 0.701. The fourth-order valence-corrected chi connectivity index (χ4v) is 2.39. The molecule has 0 radical (unpaired) electrons. The van der Waals surface area contributed by atoms with Crippen molar-refractivity contribution in [2.24, 2.45) is 11.5 Å². The number of carbonyl (C=O) groups excluding carboxylic acids is 4. The minimum absolute atomic E-state index is 0.0520. The van der Waals surface area contributed by atoms with Crippen LogP contribution in [0.4, 0.5) is 0 Å². The normalized spacial score (nSPS) is 14.5. The van der Waals surface area contributed by atoms with Crippen LogP contribution in [-0.2, 0) is 30.4 Å². The first kappa shape index (κ1) is 25.5. The fraction of sp³-hybridized carbons (Fsp3) is 0.529. The minimum Gasteiger partial charge on any atom is -0.480 e. The van der Waals surface area contributed by atoms with Crippen LogP contribution in [0.25, 0.3) is 0 Å². The van der Waals surface area contributed by atoms with Gasteiger partial charge in [-0.15, -0.1) is 0 Å². The van der Waals surface area contributed by atoms with Crippen molar-refractivity contribution in [3.05, 3.63) is 18.2 Å². The predicted octanol–water partition coefficient (Wildman–Crippen LogP) is -3.90. The monoisotopic (exact) mass is 441 g/mol. The Morgan fingerprint density at radius 1 is 1.16 bits per heavy atom. The smallest absolute Gasteiger partial charge is 0.326 e. The Balaban J connectivity index is 2.67. The second-order valence-corrected chi connectivity index (χ2v) is 6.79. The number of carboxylic acid groups (broad SMARTS) is 1. The first-order chi connectivity index (χ1) is 14.5. The quantitative estimate of drug-likeness (QED) is 0.149. The van der Waals surface area contributed by atoms with Gasteiger partial charge in [-0.2, -0.15) is 0 Å². The van der Waals surface area contributed by atoms with Gasteiger partial charge in [0.05, 0.1) is 19.0 Å². The zero-order valence-electron chi connectivity index (χ0n) is 16.8. The molecule has 0 aliphatic rings. The highest BCUT2D eigenvalue weighted by Gasteiger charge is 2.27. The molecule has 1 heterocycles. The van der Waals surface area contributed by atoms with E-state index in [9.17, 15) is 34.2 Å². The number of aliphatic carboxylic acids is 1. The average molecular weight is 441 g/mol. The third-order valence-corrected chi connectivity index (χ3v) is 4.17. The van der Waals surface area contributed by atoms with Crippen LogP contribution >= 0.6 is 0 Å². The number of rotatable bonds is 13. The molecule has 0 aliphatic carbocycles. The van der Waals surface area contributed by atoms with Gasteiger partial charge in [-0.1, -0.05) is 0 Å².